The lowest BCUT2D eigenvalue weighted by Crippen LogP contribution is -2.82. The standard InChI is InChI=1S/C61H87NO17/c1-13-14-15-16-17-18-19-20-21-22-23-24-25-26-30-33-46(65)75-48(42(34-38(2)3)62-55(69)79-57(6,7)8)54(68)74-43-36-61(71)52(77-53(67)41-31-28-27-29-32-41)50-59(11,44(64)35-45-60(50,37-73-45)78-40(5)63)51(66)49(76-56(70)72-12)47(39(43)4)58(61,9)10/h15-16,18-19,21-22,27-29,31-32,38,42-45,48-50,52,64,71H,13-14,17,20,23-26,30,33-37H2,1-12H3,(H,62,69)/b16-15-,19-18-,22-21-/t42-,43-,44-,45+,48+,49+,50?,52-,59+,60-,61+/m0/s1. The van der Waals surface area contributed by atoms with E-state index in [2.05, 4.69) is 48.7 Å². The zero-order valence-electron chi connectivity index (χ0n) is 48.5. The van der Waals surface area contributed by atoms with Crippen LogP contribution in [0.15, 0.2) is 77.9 Å². The molecular weight excluding hydrogens is 1020 g/mol. The van der Waals surface area contributed by atoms with Crippen LogP contribution in [-0.4, -0.2) is 125 Å². The second-order valence-electron chi connectivity index (χ2n) is 23.6. The van der Waals surface area contributed by atoms with Crippen molar-refractivity contribution in [3.8, 4) is 0 Å². The van der Waals surface area contributed by atoms with E-state index in [9.17, 15) is 34.2 Å². The molecule has 18 heteroatoms. The number of alkyl carbamates (subject to hydrolysis) is 1. The number of ether oxygens (including phenoxy) is 8. The van der Waals surface area contributed by atoms with Crippen LogP contribution in [0.5, 0.6) is 0 Å². The highest BCUT2D eigenvalue weighted by Gasteiger charge is 2.78. The van der Waals surface area contributed by atoms with Crippen molar-refractivity contribution in [1.82, 2.24) is 5.32 Å². The number of aliphatic hydroxyl groups excluding tert-OH is 1. The average Bonchev–Trinajstić information content (AvgIpc) is 2.69. The minimum absolute atomic E-state index is 0.0481. The molecule has 5 rings (SSSR count). The SMILES string of the molecule is CCC/C=C\C/C=C\C/C=C\CCCCCCC(=O)O[C@@H](C(=O)O[C@H]1C[C@@]2(O)[C@@H](OC(=O)c3ccccc3)C3[C@](C)(C(=O)[C@H](OC(=O)OC)C(=C1C)C2(C)C)[C@@H](O)C[C@H]1OC[C@@]31OC(C)=O)[C@H](CC(C)C)NC(=O)OC(C)(C)C. The van der Waals surface area contributed by atoms with Gasteiger partial charge in [0.15, 0.2) is 17.5 Å². The van der Waals surface area contributed by atoms with Gasteiger partial charge in [0, 0.05) is 31.6 Å². The molecular formula is C61H87NO17. The Kier molecular flexibility index (Phi) is 22.3. The number of carbonyl (C=O) groups is 7. The molecule has 0 aromatic heterocycles. The molecule has 2 bridgehead atoms. The van der Waals surface area contributed by atoms with Crippen molar-refractivity contribution in [2.24, 2.45) is 22.7 Å². The van der Waals surface area contributed by atoms with E-state index in [1.165, 1.54) is 26.0 Å². The third kappa shape index (κ3) is 15.1. The van der Waals surface area contributed by atoms with Crippen molar-refractivity contribution >= 4 is 41.9 Å². The first-order valence-electron chi connectivity index (χ1n) is 28.0. The number of methoxy groups -OCH3 is 1. The number of nitrogens with one attached hydrogen (secondary N) is 1. The van der Waals surface area contributed by atoms with Crippen LogP contribution in [0.3, 0.4) is 0 Å². The molecule has 2 saturated carbocycles. The molecule has 3 fully saturated rings. The maximum absolute atomic E-state index is 15.8. The Morgan fingerprint density at radius 2 is 1.52 bits per heavy atom. The van der Waals surface area contributed by atoms with Crippen LogP contribution in [-0.2, 0) is 57.1 Å². The summed E-state index contributed by atoms with van der Waals surface area (Å²) in [4.78, 5) is 99.5. The highest BCUT2D eigenvalue weighted by atomic mass is 16.7. The van der Waals surface area contributed by atoms with Crippen molar-refractivity contribution in [2.45, 2.75) is 219 Å². The number of carbonyl (C=O) groups excluding carboxylic acids is 7. The maximum Gasteiger partial charge on any atom is 0.509 e. The number of Topliss-reactive ketones (excluding diaryl/α,β-unsaturated/α-hetero) is 1. The highest BCUT2D eigenvalue weighted by molar-refractivity contribution is 5.95. The molecule has 1 aliphatic heterocycles. The second kappa shape index (κ2) is 27.5. The molecule has 1 heterocycles. The molecule has 79 heavy (non-hydrogen) atoms. The molecule has 438 valence electrons. The summed E-state index contributed by atoms with van der Waals surface area (Å²) in [7, 11) is 1.03. The molecule has 3 N–H and O–H groups in total. The largest absolute Gasteiger partial charge is 0.509 e. The normalized spacial score (nSPS) is 28.1. The van der Waals surface area contributed by atoms with E-state index in [0.29, 0.717) is 12.8 Å². The number of hydrogen-bond acceptors (Lipinski definition) is 17. The summed E-state index contributed by atoms with van der Waals surface area (Å²) in [5.74, 6) is -6.39. The fraction of sp³-hybridized carbons (Fsp3) is 0.656. The molecule has 1 saturated heterocycles. The number of benzene rings is 1. The molecule has 0 radical (unpaired) electrons. The van der Waals surface area contributed by atoms with Crippen LogP contribution >= 0.6 is 0 Å². The van der Waals surface area contributed by atoms with Gasteiger partial charge in [-0.15, -0.1) is 0 Å². The molecule has 1 unspecified atom stereocenters. The quantitative estimate of drug-likeness (QED) is 0.0377. The number of rotatable bonds is 24. The van der Waals surface area contributed by atoms with Crippen molar-refractivity contribution in [3.63, 3.8) is 0 Å². The summed E-state index contributed by atoms with van der Waals surface area (Å²) in [6.45, 7) is 17.6. The van der Waals surface area contributed by atoms with E-state index < -0.39 is 125 Å². The van der Waals surface area contributed by atoms with E-state index in [1.54, 1.807) is 52.8 Å². The van der Waals surface area contributed by atoms with Gasteiger partial charge < -0.3 is 53.4 Å². The minimum Gasteiger partial charge on any atom is -0.455 e. The Balaban J connectivity index is 1.55. The van der Waals surface area contributed by atoms with E-state index >= 15 is 9.59 Å². The van der Waals surface area contributed by atoms with Gasteiger partial charge in [0.2, 0.25) is 6.10 Å². The fourth-order valence-corrected chi connectivity index (χ4v) is 11.8. The van der Waals surface area contributed by atoms with E-state index in [-0.39, 0.29) is 48.5 Å². The van der Waals surface area contributed by atoms with Crippen molar-refractivity contribution < 1.29 is 81.7 Å². The van der Waals surface area contributed by atoms with Crippen LogP contribution in [0.2, 0.25) is 0 Å². The Morgan fingerprint density at radius 1 is 0.886 bits per heavy atom. The summed E-state index contributed by atoms with van der Waals surface area (Å²) >= 11 is 0. The van der Waals surface area contributed by atoms with E-state index in [1.807, 2.05) is 13.8 Å². The molecule has 4 aliphatic rings. The highest BCUT2D eigenvalue weighted by Crippen LogP contribution is 2.64. The van der Waals surface area contributed by atoms with Gasteiger partial charge in [-0.05, 0) is 109 Å². The maximum atomic E-state index is 15.8. The molecule has 0 spiro atoms. The number of esters is 4. The van der Waals surface area contributed by atoms with Crippen molar-refractivity contribution in [3.05, 3.63) is 83.5 Å². The predicted octanol–water partition coefficient (Wildman–Crippen LogP) is 9.86. The van der Waals surface area contributed by atoms with E-state index in [4.69, 9.17) is 37.9 Å². The second-order valence-corrected chi connectivity index (χ2v) is 23.6. The molecule has 1 aromatic carbocycles. The van der Waals surface area contributed by atoms with Gasteiger partial charge >= 0.3 is 36.1 Å². The van der Waals surface area contributed by atoms with Gasteiger partial charge in [-0.1, -0.05) is 109 Å². The van der Waals surface area contributed by atoms with Crippen LogP contribution in [0.1, 0.15) is 170 Å². The predicted molar refractivity (Wildman–Crippen MR) is 292 cm³/mol. The van der Waals surface area contributed by atoms with Gasteiger partial charge in [0.25, 0.3) is 0 Å². The number of aliphatic hydroxyl groups is 2. The summed E-state index contributed by atoms with van der Waals surface area (Å²) in [5, 5.41) is 29.0. The lowest BCUT2D eigenvalue weighted by Gasteiger charge is -2.67. The lowest BCUT2D eigenvalue weighted by molar-refractivity contribution is -0.346. The smallest absolute Gasteiger partial charge is 0.455 e. The van der Waals surface area contributed by atoms with Crippen LogP contribution in [0, 0.1) is 22.7 Å². The summed E-state index contributed by atoms with van der Waals surface area (Å²) < 4.78 is 47.4. The fourth-order valence-electron chi connectivity index (χ4n) is 11.8. The lowest BCUT2D eigenvalue weighted by atomic mass is 9.44. The minimum atomic E-state index is -2.47. The Bertz CT molecular complexity index is 2440. The van der Waals surface area contributed by atoms with E-state index in [0.717, 1.165) is 59.0 Å². The monoisotopic (exact) mass is 1110 g/mol. The Labute approximate surface area is 466 Å². The third-order valence-corrected chi connectivity index (χ3v) is 15.8. The van der Waals surface area contributed by atoms with Gasteiger partial charge in [0.05, 0.1) is 42.8 Å². The number of fused-ring (bicyclic) bond motifs is 5. The first-order chi connectivity index (χ1) is 37.2. The number of ketones is 1. The summed E-state index contributed by atoms with van der Waals surface area (Å²) in [6.07, 6.45) is 7.75. The third-order valence-electron chi connectivity index (χ3n) is 15.8. The molecule has 18 nitrogen and oxygen atoms in total. The Hall–Kier alpha value is -5.85. The van der Waals surface area contributed by atoms with Crippen LogP contribution < -0.4 is 5.32 Å². The van der Waals surface area contributed by atoms with Crippen molar-refractivity contribution in [1.29, 1.82) is 0 Å². The molecule has 1 amide bonds. The zero-order chi connectivity index (χ0) is 58.5. The first kappa shape index (κ1) is 64.0. The van der Waals surface area contributed by atoms with Gasteiger partial charge in [-0.2, -0.15) is 0 Å². The molecule has 3 aliphatic carbocycles. The van der Waals surface area contributed by atoms with Crippen molar-refractivity contribution in [2.75, 3.05) is 13.7 Å². The van der Waals surface area contributed by atoms with Crippen LogP contribution in [0.4, 0.5) is 9.59 Å². The number of allylic oxidation sites excluding steroid dienone is 6. The number of amides is 1. The number of unbranched alkanes of at least 4 members (excludes halogenated alkanes) is 5. The molecule has 1 aromatic rings. The van der Waals surface area contributed by atoms with Gasteiger partial charge in [-0.25, -0.2) is 19.2 Å². The number of hydrogen-bond donors (Lipinski definition) is 3. The average molecular weight is 1110 g/mol. The summed E-state index contributed by atoms with van der Waals surface area (Å²) in [5.41, 5.74) is -9.05. The Morgan fingerprint density at radius 3 is 2.10 bits per heavy atom. The summed E-state index contributed by atoms with van der Waals surface area (Å²) in [6, 6.07) is 6.62. The zero-order valence-corrected chi connectivity index (χ0v) is 48.5. The van der Waals surface area contributed by atoms with Gasteiger partial charge in [-0.3, -0.25) is 14.4 Å². The van der Waals surface area contributed by atoms with Crippen LogP contribution in [0.25, 0.3) is 0 Å². The first-order valence-corrected chi connectivity index (χ1v) is 28.0. The topological polar surface area (TPSA) is 246 Å². The molecule has 11 atom stereocenters. The van der Waals surface area contributed by atoms with Gasteiger partial charge in [0.1, 0.15) is 29.5 Å².